The van der Waals surface area contributed by atoms with Crippen LogP contribution in [0.2, 0.25) is 0 Å². The third kappa shape index (κ3) is 1.80. The van der Waals surface area contributed by atoms with E-state index < -0.39 is 0 Å². The van der Waals surface area contributed by atoms with Crippen LogP contribution in [-0.2, 0) is 0 Å². The lowest BCUT2D eigenvalue weighted by Crippen LogP contribution is -1.97. The number of aromatic nitrogens is 1. The summed E-state index contributed by atoms with van der Waals surface area (Å²) >= 11 is 0. The standard InChI is InChI=1S/C15H18N2O/c1-10-6-2-5-9-12(10)13-14(17-18-15(13)16)11-7-3-4-8-11/h2,5-6,9,11H,3-4,7-8,16H2,1H3. The largest absolute Gasteiger partial charge is 0.367 e. The first-order chi connectivity index (χ1) is 8.77. The van der Waals surface area contributed by atoms with Crippen LogP contribution in [0, 0.1) is 6.92 Å². The van der Waals surface area contributed by atoms with Gasteiger partial charge in [-0.25, -0.2) is 0 Å². The average molecular weight is 242 g/mol. The van der Waals surface area contributed by atoms with Gasteiger partial charge in [-0.3, -0.25) is 0 Å². The van der Waals surface area contributed by atoms with Gasteiger partial charge >= 0.3 is 0 Å². The van der Waals surface area contributed by atoms with Crippen LogP contribution in [0.15, 0.2) is 28.8 Å². The number of hydrogen-bond acceptors (Lipinski definition) is 3. The van der Waals surface area contributed by atoms with Crippen LogP contribution in [0.5, 0.6) is 0 Å². The first kappa shape index (κ1) is 11.3. The van der Waals surface area contributed by atoms with Gasteiger partial charge in [-0.2, -0.15) is 0 Å². The quantitative estimate of drug-likeness (QED) is 0.869. The molecule has 3 heteroatoms. The van der Waals surface area contributed by atoms with Crippen LogP contribution in [0.4, 0.5) is 5.88 Å². The van der Waals surface area contributed by atoms with E-state index in [9.17, 15) is 0 Å². The highest BCUT2D eigenvalue weighted by atomic mass is 16.5. The predicted molar refractivity (Wildman–Crippen MR) is 72.3 cm³/mol. The van der Waals surface area contributed by atoms with E-state index in [-0.39, 0.29) is 0 Å². The lowest BCUT2D eigenvalue weighted by atomic mass is 9.93. The molecule has 1 aliphatic carbocycles. The van der Waals surface area contributed by atoms with Crippen LogP contribution in [0.3, 0.4) is 0 Å². The van der Waals surface area contributed by atoms with Crippen molar-refractivity contribution < 1.29 is 4.52 Å². The summed E-state index contributed by atoms with van der Waals surface area (Å²) in [5.74, 6) is 0.965. The number of nitrogens with zero attached hydrogens (tertiary/aromatic N) is 1. The Bertz CT molecular complexity index is 553. The Morgan fingerprint density at radius 2 is 1.94 bits per heavy atom. The molecule has 0 amide bonds. The summed E-state index contributed by atoms with van der Waals surface area (Å²) in [7, 11) is 0. The maximum atomic E-state index is 5.98. The van der Waals surface area contributed by atoms with Gasteiger partial charge in [-0.05, 0) is 30.9 Å². The van der Waals surface area contributed by atoms with Gasteiger partial charge in [0, 0.05) is 5.92 Å². The molecular weight excluding hydrogens is 224 g/mol. The predicted octanol–water partition coefficient (Wildman–Crippen LogP) is 3.89. The van der Waals surface area contributed by atoms with E-state index >= 15 is 0 Å². The third-order valence-electron chi connectivity index (χ3n) is 3.90. The van der Waals surface area contributed by atoms with E-state index in [1.807, 2.05) is 12.1 Å². The fourth-order valence-corrected chi connectivity index (χ4v) is 2.92. The number of nitrogen functional groups attached to an aromatic ring is 1. The minimum absolute atomic E-state index is 0.450. The van der Waals surface area contributed by atoms with Crippen molar-refractivity contribution in [2.75, 3.05) is 5.73 Å². The van der Waals surface area contributed by atoms with Gasteiger partial charge in [0.05, 0.1) is 11.3 Å². The molecule has 18 heavy (non-hydrogen) atoms. The summed E-state index contributed by atoms with van der Waals surface area (Å²) in [6, 6.07) is 8.27. The Morgan fingerprint density at radius 1 is 1.22 bits per heavy atom. The van der Waals surface area contributed by atoms with E-state index in [1.54, 1.807) is 0 Å². The molecule has 1 fully saturated rings. The molecule has 0 atom stereocenters. The van der Waals surface area contributed by atoms with Crippen molar-refractivity contribution >= 4 is 5.88 Å². The number of rotatable bonds is 2. The van der Waals surface area contributed by atoms with Gasteiger partial charge in [0.2, 0.25) is 5.88 Å². The molecule has 1 aromatic heterocycles. The molecule has 0 radical (unpaired) electrons. The lowest BCUT2D eigenvalue weighted by Gasteiger charge is -2.10. The maximum Gasteiger partial charge on any atom is 0.230 e. The molecule has 0 aliphatic heterocycles. The molecule has 1 saturated carbocycles. The first-order valence-corrected chi connectivity index (χ1v) is 6.58. The van der Waals surface area contributed by atoms with E-state index in [2.05, 4.69) is 24.2 Å². The van der Waals surface area contributed by atoms with Crippen LogP contribution in [0.1, 0.15) is 42.9 Å². The molecule has 0 spiro atoms. The van der Waals surface area contributed by atoms with Crippen molar-refractivity contribution in [1.29, 1.82) is 0 Å². The zero-order chi connectivity index (χ0) is 12.5. The Hall–Kier alpha value is -1.77. The second kappa shape index (κ2) is 4.48. The monoisotopic (exact) mass is 242 g/mol. The van der Waals surface area contributed by atoms with Gasteiger partial charge in [-0.1, -0.05) is 42.3 Å². The minimum Gasteiger partial charge on any atom is -0.367 e. The summed E-state index contributed by atoms with van der Waals surface area (Å²) in [6.07, 6.45) is 4.96. The van der Waals surface area contributed by atoms with Crippen molar-refractivity contribution in [3.05, 3.63) is 35.5 Å². The van der Waals surface area contributed by atoms with Gasteiger partial charge in [0.1, 0.15) is 0 Å². The highest BCUT2D eigenvalue weighted by Crippen LogP contribution is 2.41. The highest BCUT2D eigenvalue weighted by Gasteiger charge is 2.26. The van der Waals surface area contributed by atoms with E-state index in [0.717, 1.165) is 16.8 Å². The molecule has 1 aromatic carbocycles. The summed E-state index contributed by atoms with van der Waals surface area (Å²) in [5, 5.41) is 4.22. The van der Waals surface area contributed by atoms with Crippen LogP contribution >= 0.6 is 0 Å². The van der Waals surface area contributed by atoms with Crippen molar-refractivity contribution in [3.8, 4) is 11.1 Å². The molecule has 3 rings (SSSR count). The molecule has 0 unspecified atom stereocenters. The van der Waals surface area contributed by atoms with Gasteiger partial charge in [0.25, 0.3) is 0 Å². The number of nitrogens with two attached hydrogens (primary N) is 1. The van der Waals surface area contributed by atoms with Crippen molar-refractivity contribution in [2.45, 2.75) is 38.5 Å². The molecule has 1 heterocycles. The number of benzene rings is 1. The summed E-state index contributed by atoms with van der Waals surface area (Å²) in [4.78, 5) is 0. The average Bonchev–Trinajstić information content (AvgIpc) is 2.99. The molecular formula is C15H18N2O. The first-order valence-electron chi connectivity index (χ1n) is 6.58. The summed E-state index contributed by atoms with van der Waals surface area (Å²) in [5.41, 5.74) is 10.4. The van der Waals surface area contributed by atoms with Crippen molar-refractivity contribution in [1.82, 2.24) is 5.16 Å². The number of aryl methyl sites for hydroxylation is 1. The zero-order valence-electron chi connectivity index (χ0n) is 10.6. The Labute approximate surface area is 107 Å². The topological polar surface area (TPSA) is 52.0 Å². The second-order valence-corrected chi connectivity index (χ2v) is 5.10. The third-order valence-corrected chi connectivity index (χ3v) is 3.90. The zero-order valence-corrected chi connectivity index (χ0v) is 10.6. The Morgan fingerprint density at radius 3 is 2.67 bits per heavy atom. The van der Waals surface area contributed by atoms with Crippen molar-refractivity contribution in [3.63, 3.8) is 0 Å². The molecule has 94 valence electrons. The highest BCUT2D eigenvalue weighted by molar-refractivity contribution is 5.77. The number of anilines is 1. The van der Waals surface area contributed by atoms with E-state index in [4.69, 9.17) is 10.3 Å². The van der Waals surface area contributed by atoms with Crippen LogP contribution in [0.25, 0.3) is 11.1 Å². The minimum atomic E-state index is 0.450. The molecule has 2 aromatic rings. The summed E-state index contributed by atoms with van der Waals surface area (Å²) in [6.45, 7) is 2.10. The van der Waals surface area contributed by atoms with Crippen molar-refractivity contribution in [2.24, 2.45) is 0 Å². The second-order valence-electron chi connectivity index (χ2n) is 5.10. The van der Waals surface area contributed by atoms with Gasteiger partial charge < -0.3 is 10.3 Å². The Kier molecular flexibility index (Phi) is 2.82. The molecule has 0 saturated heterocycles. The molecule has 1 aliphatic rings. The van der Waals surface area contributed by atoms with Gasteiger partial charge in [-0.15, -0.1) is 0 Å². The Balaban J connectivity index is 2.11. The van der Waals surface area contributed by atoms with E-state index in [0.29, 0.717) is 11.8 Å². The SMILES string of the molecule is Cc1ccccc1-c1c(C2CCCC2)noc1N. The van der Waals surface area contributed by atoms with Gasteiger partial charge in [0.15, 0.2) is 0 Å². The summed E-state index contributed by atoms with van der Waals surface area (Å²) < 4.78 is 5.25. The fourth-order valence-electron chi connectivity index (χ4n) is 2.92. The van der Waals surface area contributed by atoms with E-state index in [1.165, 1.54) is 31.2 Å². The van der Waals surface area contributed by atoms with Crippen LogP contribution < -0.4 is 5.73 Å². The lowest BCUT2D eigenvalue weighted by molar-refractivity contribution is 0.420. The molecule has 0 bridgehead atoms. The molecule has 2 N–H and O–H groups in total. The normalized spacial score (nSPS) is 16.3. The number of hydrogen-bond donors (Lipinski definition) is 1. The fraction of sp³-hybridized carbons (Fsp3) is 0.400. The molecule has 3 nitrogen and oxygen atoms in total. The van der Waals surface area contributed by atoms with Crippen LogP contribution in [-0.4, -0.2) is 5.16 Å². The smallest absolute Gasteiger partial charge is 0.230 e. The maximum absolute atomic E-state index is 5.98.